The third-order valence-electron chi connectivity index (χ3n) is 12.8. The van der Waals surface area contributed by atoms with E-state index in [0.717, 1.165) is 82.1 Å². The fourth-order valence-corrected chi connectivity index (χ4v) is 15.6. The monoisotopic (exact) mass is 921 g/mol. The summed E-state index contributed by atoms with van der Waals surface area (Å²) in [6.07, 6.45) is 13.3. The first-order valence-electron chi connectivity index (χ1n) is 20.3. The van der Waals surface area contributed by atoms with Crippen LogP contribution in [0.25, 0.3) is 0 Å². The Hall–Kier alpha value is -1.27. The number of nitrogens with one attached hydrogen (secondary N) is 4. The van der Waals surface area contributed by atoms with Gasteiger partial charge in [0.1, 0.15) is 12.1 Å². The summed E-state index contributed by atoms with van der Waals surface area (Å²) in [6.45, 7) is 4.39. The van der Waals surface area contributed by atoms with Gasteiger partial charge < -0.3 is 26.2 Å². The molecule has 3 aliphatic carbocycles. The molecule has 16 heteroatoms. The Morgan fingerprint density at radius 3 is 2.09 bits per heavy atom. The molecule has 3 heterocycles. The number of hydrogen-bond donors (Lipinski definition) is 4. The van der Waals surface area contributed by atoms with Crippen LogP contribution in [0.1, 0.15) is 129 Å². The van der Waals surface area contributed by atoms with Gasteiger partial charge in [0, 0.05) is 22.9 Å². The van der Waals surface area contributed by atoms with Crippen LogP contribution in [-0.2, 0) is 29.0 Å². The van der Waals surface area contributed by atoms with Crippen molar-refractivity contribution in [1.29, 1.82) is 0 Å². The second kappa shape index (κ2) is 17.7. The molecule has 3 saturated heterocycles. The zero-order valence-corrected chi connectivity index (χ0v) is 36.5. The van der Waals surface area contributed by atoms with Crippen molar-refractivity contribution in [3.05, 3.63) is 0 Å². The van der Waals surface area contributed by atoms with E-state index in [0.29, 0.717) is 51.5 Å². The maximum absolute atomic E-state index is 15.2. The summed E-state index contributed by atoms with van der Waals surface area (Å²) < 4.78 is 26.3. The molecule has 304 valence electrons. The van der Waals surface area contributed by atoms with Crippen LogP contribution in [0, 0.1) is 5.41 Å². The first-order chi connectivity index (χ1) is 25.7. The molecule has 3 aliphatic heterocycles. The number of Topliss-reactive ketones (excluding diaryl/α,β-unsaturated/α-hetero) is 1. The highest BCUT2D eigenvalue weighted by Crippen LogP contribution is 2.51. The van der Waals surface area contributed by atoms with Crippen LogP contribution in [0.5, 0.6) is 0 Å². The van der Waals surface area contributed by atoms with E-state index < -0.39 is 71.9 Å². The molecule has 0 bridgehead atoms. The van der Waals surface area contributed by atoms with Gasteiger partial charge in [0.15, 0.2) is 9.84 Å². The zero-order chi connectivity index (χ0) is 38.7. The van der Waals surface area contributed by atoms with Crippen LogP contribution in [0.2, 0.25) is 0 Å². The van der Waals surface area contributed by atoms with Crippen molar-refractivity contribution < 1.29 is 32.4 Å². The van der Waals surface area contributed by atoms with Gasteiger partial charge in [-0.3, -0.25) is 19.2 Å². The van der Waals surface area contributed by atoms with Gasteiger partial charge in [0.25, 0.3) is 5.91 Å². The first-order valence-corrected chi connectivity index (χ1v) is 25.3. The van der Waals surface area contributed by atoms with Gasteiger partial charge in [0.05, 0.1) is 26.7 Å². The van der Waals surface area contributed by atoms with Crippen LogP contribution in [0.4, 0.5) is 4.79 Å². The fourth-order valence-electron chi connectivity index (χ4n) is 9.57. The number of carbonyl (C=O) groups is 5. The average molecular weight is 922 g/mol. The molecule has 0 radical (unpaired) electrons. The molecule has 1 spiro atoms. The van der Waals surface area contributed by atoms with Crippen LogP contribution in [-0.4, -0.2) is 110 Å². The number of likely N-dealkylation sites (tertiary alicyclic amines) is 1. The number of alkyl halides is 1. The van der Waals surface area contributed by atoms with Crippen molar-refractivity contribution in [2.75, 3.05) is 23.8 Å². The number of rotatable bonds is 13. The van der Waals surface area contributed by atoms with Crippen molar-refractivity contribution in [3.8, 4) is 0 Å². The number of hydrogen-bond acceptors (Lipinski definition) is 9. The molecule has 0 aromatic heterocycles. The van der Waals surface area contributed by atoms with Gasteiger partial charge in [-0.05, 0) is 87.5 Å². The molecule has 4 N–H and O–H groups in total. The molecular formula is C38H60IN5O7S3. The summed E-state index contributed by atoms with van der Waals surface area (Å²) in [5, 5.41) is 11.4. The lowest BCUT2D eigenvalue weighted by atomic mass is 9.70. The van der Waals surface area contributed by atoms with E-state index in [9.17, 15) is 27.6 Å². The third-order valence-corrected chi connectivity index (χ3v) is 19.2. The van der Waals surface area contributed by atoms with Crippen LogP contribution in [0.15, 0.2) is 0 Å². The van der Waals surface area contributed by atoms with Crippen molar-refractivity contribution in [3.63, 3.8) is 0 Å². The van der Waals surface area contributed by atoms with Gasteiger partial charge in [-0.2, -0.15) is 0 Å². The molecule has 6 rings (SSSR count). The lowest BCUT2D eigenvalue weighted by Crippen LogP contribution is -2.65. The zero-order valence-electron chi connectivity index (χ0n) is 31.9. The third kappa shape index (κ3) is 9.87. The van der Waals surface area contributed by atoms with Gasteiger partial charge >= 0.3 is 6.03 Å². The Balaban J connectivity index is 1.27. The van der Waals surface area contributed by atoms with E-state index >= 15 is 4.79 Å². The number of amides is 5. The first kappa shape index (κ1) is 42.3. The summed E-state index contributed by atoms with van der Waals surface area (Å²) in [4.78, 5) is 71.9. The standard InChI is InChI=1S/C38H60IN5O7S3/c1-25(39)12-15-27(30(45)33(47)40-26-13-14-26)41-32(46)28-23-38(52-20-10-21-53-38)24-44(28)34(48)31(36(2)16-5-3-6-17-36)42-35(49)43-37(18-7-4-8-19-37)29-11-9-22-54(29,50)51/h25-29,31H,3-24H2,1-2H3,(H,40,47)(H,41,46)(H2,42,43,49)/t25?,27-,28-,29+,31+/m0/s1. The summed E-state index contributed by atoms with van der Waals surface area (Å²) in [6, 6.07) is -3.36. The molecule has 54 heavy (non-hydrogen) atoms. The average Bonchev–Trinajstić information content (AvgIpc) is 3.77. The lowest BCUT2D eigenvalue weighted by molar-refractivity contribution is -0.144. The van der Waals surface area contributed by atoms with Crippen molar-refractivity contribution in [1.82, 2.24) is 26.2 Å². The van der Waals surface area contributed by atoms with E-state index in [4.69, 9.17) is 0 Å². The summed E-state index contributed by atoms with van der Waals surface area (Å²) in [7, 11) is -3.36. The maximum Gasteiger partial charge on any atom is 0.315 e. The highest BCUT2D eigenvalue weighted by molar-refractivity contribution is 14.1. The summed E-state index contributed by atoms with van der Waals surface area (Å²) in [5.74, 6) is -0.158. The van der Waals surface area contributed by atoms with Crippen molar-refractivity contribution >= 4 is 85.5 Å². The molecule has 12 nitrogen and oxygen atoms in total. The SMILES string of the molecule is CC(I)CC[C@H](NC(=O)[C@@H]1CC2(CN1C(=O)[C@@H](NC(=O)NC1([C@H]3CCCS3(=O)=O)CCCCC1)C1(C)CCCCC1)SCCCS2)C(=O)C(=O)NC1CC1. The Labute approximate surface area is 343 Å². The molecule has 3 saturated carbocycles. The number of halogens is 1. The van der Waals surface area contributed by atoms with Crippen molar-refractivity contribution in [2.45, 2.75) is 172 Å². The molecule has 1 unspecified atom stereocenters. The quantitative estimate of drug-likeness (QED) is 0.113. The van der Waals surface area contributed by atoms with E-state index in [1.54, 1.807) is 28.4 Å². The Morgan fingerprint density at radius 1 is 0.852 bits per heavy atom. The Bertz CT molecular complexity index is 1520. The molecular weight excluding hydrogens is 862 g/mol. The largest absolute Gasteiger partial charge is 0.347 e. The minimum Gasteiger partial charge on any atom is -0.347 e. The summed E-state index contributed by atoms with van der Waals surface area (Å²) >= 11 is 5.81. The highest BCUT2D eigenvalue weighted by Gasteiger charge is 2.55. The minimum atomic E-state index is -3.36. The topological polar surface area (TPSA) is 171 Å². The number of carbonyl (C=O) groups excluding carboxylic acids is 5. The maximum atomic E-state index is 15.2. The van der Waals surface area contributed by atoms with Gasteiger partial charge in [-0.1, -0.05) is 75.0 Å². The van der Waals surface area contributed by atoms with Gasteiger partial charge in [-0.25, -0.2) is 13.2 Å². The number of urea groups is 1. The molecule has 0 aromatic rings. The normalized spacial score (nSPS) is 28.7. The second-order valence-electron chi connectivity index (χ2n) is 17.1. The summed E-state index contributed by atoms with van der Waals surface area (Å²) in [5.41, 5.74) is -1.46. The van der Waals surface area contributed by atoms with Gasteiger partial charge in [0.2, 0.25) is 17.6 Å². The number of nitrogens with zero attached hydrogens (tertiary/aromatic N) is 1. The van der Waals surface area contributed by atoms with E-state index in [1.807, 2.05) is 6.92 Å². The Kier molecular flexibility index (Phi) is 13.9. The minimum absolute atomic E-state index is 0.00259. The van der Waals surface area contributed by atoms with Crippen LogP contribution < -0.4 is 21.3 Å². The van der Waals surface area contributed by atoms with Crippen molar-refractivity contribution in [2.24, 2.45) is 5.41 Å². The molecule has 0 aromatic carbocycles. The van der Waals surface area contributed by atoms with Crippen LogP contribution >= 0.6 is 46.1 Å². The molecule has 6 aliphatic rings. The van der Waals surface area contributed by atoms with Crippen LogP contribution in [0.3, 0.4) is 0 Å². The molecule has 6 fully saturated rings. The molecule has 5 atom stereocenters. The highest BCUT2D eigenvalue weighted by atomic mass is 127. The van der Waals surface area contributed by atoms with E-state index in [2.05, 4.69) is 50.8 Å². The number of ketones is 1. The van der Waals surface area contributed by atoms with Gasteiger partial charge in [-0.15, -0.1) is 23.5 Å². The van der Waals surface area contributed by atoms with E-state index in [-0.39, 0.29) is 21.6 Å². The lowest BCUT2D eigenvalue weighted by Gasteiger charge is -2.45. The predicted octanol–water partition coefficient (Wildman–Crippen LogP) is 5.01. The van der Waals surface area contributed by atoms with E-state index in [1.165, 1.54) is 0 Å². The smallest absolute Gasteiger partial charge is 0.315 e. The molecule has 5 amide bonds. The second-order valence-corrected chi connectivity index (χ2v) is 24.8. The predicted molar refractivity (Wildman–Crippen MR) is 222 cm³/mol. The number of sulfone groups is 1. The number of thioether (sulfide) groups is 2. The Morgan fingerprint density at radius 2 is 1.50 bits per heavy atom. The fraction of sp³-hybridized carbons (Fsp3) is 0.868.